The van der Waals surface area contributed by atoms with Crippen LogP contribution in [0.5, 0.6) is 0 Å². The van der Waals surface area contributed by atoms with E-state index in [1.54, 1.807) is 19.1 Å². The van der Waals surface area contributed by atoms with Crippen LogP contribution in [0.4, 0.5) is 0 Å². The van der Waals surface area contributed by atoms with Crippen molar-refractivity contribution in [2.75, 3.05) is 0 Å². The molecule has 6 heteroatoms. The van der Waals surface area contributed by atoms with Crippen molar-refractivity contribution < 1.29 is 12.8 Å². The summed E-state index contributed by atoms with van der Waals surface area (Å²) < 4.78 is 31.9. The standard InChI is InChI=1S/C13H22N2O3S/c1-5-6-11(4)15-19(16,17)13-8-7-12(18-13)9-14-10(2)3/h5,7-8,10-11,14-15H,1,6,9H2,2-4H3. The van der Waals surface area contributed by atoms with Crippen LogP contribution >= 0.6 is 0 Å². The highest BCUT2D eigenvalue weighted by molar-refractivity contribution is 7.89. The van der Waals surface area contributed by atoms with Crippen molar-refractivity contribution in [2.24, 2.45) is 0 Å². The first-order valence-electron chi connectivity index (χ1n) is 6.30. The Hall–Kier alpha value is -1.11. The minimum atomic E-state index is -3.59. The molecule has 5 nitrogen and oxygen atoms in total. The first-order chi connectivity index (χ1) is 8.85. The van der Waals surface area contributed by atoms with Gasteiger partial charge in [-0.15, -0.1) is 6.58 Å². The lowest BCUT2D eigenvalue weighted by molar-refractivity contribution is 0.391. The van der Waals surface area contributed by atoms with Crippen molar-refractivity contribution in [3.8, 4) is 0 Å². The Morgan fingerprint density at radius 1 is 1.37 bits per heavy atom. The average Bonchev–Trinajstić information content (AvgIpc) is 2.75. The van der Waals surface area contributed by atoms with E-state index in [-0.39, 0.29) is 11.1 Å². The lowest BCUT2D eigenvalue weighted by atomic mass is 10.3. The SMILES string of the molecule is C=CCC(C)NS(=O)(=O)c1ccc(CNC(C)C)o1. The largest absolute Gasteiger partial charge is 0.447 e. The zero-order chi connectivity index (χ0) is 14.5. The van der Waals surface area contributed by atoms with Gasteiger partial charge in [-0.3, -0.25) is 0 Å². The molecule has 2 N–H and O–H groups in total. The van der Waals surface area contributed by atoms with Gasteiger partial charge in [0.05, 0.1) is 6.54 Å². The van der Waals surface area contributed by atoms with Crippen LogP contribution in [0.2, 0.25) is 0 Å². The van der Waals surface area contributed by atoms with Gasteiger partial charge < -0.3 is 9.73 Å². The van der Waals surface area contributed by atoms with E-state index >= 15 is 0 Å². The molecule has 0 spiro atoms. The molecule has 1 rings (SSSR count). The molecule has 0 bridgehead atoms. The van der Waals surface area contributed by atoms with Crippen molar-refractivity contribution in [1.29, 1.82) is 0 Å². The third-order valence-electron chi connectivity index (χ3n) is 2.46. The number of hydrogen-bond donors (Lipinski definition) is 2. The third-order valence-corrected chi connectivity index (χ3v) is 3.92. The molecule has 1 unspecified atom stereocenters. The molecule has 0 aromatic carbocycles. The normalized spacial score (nSPS) is 13.7. The summed E-state index contributed by atoms with van der Waals surface area (Å²) in [5.74, 6) is 0.602. The molecule has 0 aliphatic rings. The first-order valence-corrected chi connectivity index (χ1v) is 7.78. The topological polar surface area (TPSA) is 71.3 Å². The second-order valence-electron chi connectivity index (χ2n) is 4.80. The number of nitrogens with one attached hydrogen (secondary N) is 2. The van der Waals surface area contributed by atoms with Crippen molar-refractivity contribution in [2.45, 2.75) is 50.9 Å². The molecule has 19 heavy (non-hydrogen) atoms. The van der Waals surface area contributed by atoms with E-state index in [4.69, 9.17) is 4.42 Å². The molecular weight excluding hydrogens is 264 g/mol. The maximum atomic E-state index is 12.0. The van der Waals surface area contributed by atoms with E-state index in [2.05, 4.69) is 16.6 Å². The zero-order valence-corrected chi connectivity index (χ0v) is 12.5. The van der Waals surface area contributed by atoms with E-state index in [0.29, 0.717) is 24.8 Å². The summed E-state index contributed by atoms with van der Waals surface area (Å²) in [6.45, 7) is 9.90. The summed E-state index contributed by atoms with van der Waals surface area (Å²) in [7, 11) is -3.59. The summed E-state index contributed by atoms with van der Waals surface area (Å²) in [5.41, 5.74) is 0. The minimum absolute atomic E-state index is 0.0519. The Labute approximate surface area is 115 Å². The summed E-state index contributed by atoms with van der Waals surface area (Å²) in [6.07, 6.45) is 2.25. The molecule has 0 fully saturated rings. The fraction of sp³-hybridized carbons (Fsp3) is 0.538. The van der Waals surface area contributed by atoms with Crippen LogP contribution in [0.3, 0.4) is 0 Å². The predicted octanol–water partition coefficient (Wildman–Crippen LogP) is 2.02. The number of rotatable bonds is 8. The Bertz CT molecular complexity index is 506. The third kappa shape index (κ3) is 5.18. The zero-order valence-electron chi connectivity index (χ0n) is 11.6. The molecule has 0 amide bonds. The van der Waals surface area contributed by atoms with Crippen LogP contribution < -0.4 is 10.0 Å². The van der Waals surface area contributed by atoms with E-state index in [0.717, 1.165) is 0 Å². The maximum absolute atomic E-state index is 12.0. The molecule has 1 heterocycles. The smallest absolute Gasteiger partial charge is 0.274 e. The molecular formula is C13H22N2O3S. The van der Waals surface area contributed by atoms with Gasteiger partial charge in [-0.05, 0) is 25.5 Å². The summed E-state index contributed by atoms with van der Waals surface area (Å²) in [6, 6.07) is 3.25. The van der Waals surface area contributed by atoms with Crippen LogP contribution in [0, 0.1) is 0 Å². The monoisotopic (exact) mass is 286 g/mol. The molecule has 108 valence electrons. The number of furan rings is 1. The van der Waals surface area contributed by atoms with Gasteiger partial charge in [-0.2, -0.15) is 0 Å². The second-order valence-corrected chi connectivity index (χ2v) is 6.45. The number of hydrogen-bond acceptors (Lipinski definition) is 4. The van der Waals surface area contributed by atoms with Gasteiger partial charge in [0, 0.05) is 12.1 Å². The van der Waals surface area contributed by atoms with Gasteiger partial charge in [0.1, 0.15) is 5.76 Å². The number of sulfonamides is 1. The average molecular weight is 286 g/mol. The molecule has 1 atom stereocenters. The fourth-order valence-electron chi connectivity index (χ4n) is 1.52. The van der Waals surface area contributed by atoms with Crippen molar-refractivity contribution in [1.82, 2.24) is 10.0 Å². The molecule has 0 aliphatic heterocycles. The van der Waals surface area contributed by atoms with Gasteiger partial charge in [-0.25, -0.2) is 13.1 Å². The van der Waals surface area contributed by atoms with E-state index < -0.39 is 10.0 Å². The molecule has 0 saturated carbocycles. The predicted molar refractivity (Wildman–Crippen MR) is 75.3 cm³/mol. The highest BCUT2D eigenvalue weighted by Gasteiger charge is 2.20. The van der Waals surface area contributed by atoms with Crippen LogP contribution in [-0.4, -0.2) is 20.5 Å². The summed E-state index contributed by atoms with van der Waals surface area (Å²) in [5, 5.41) is 3.11. The molecule has 1 aromatic heterocycles. The van der Waals surface area contributed by atoms with Crippen molar-refractivity contribution in [3.63, 3.8) is 0 Å². The molecule has 0 aliphatic carbocycles. The summed E-state index contributed by atoms with van der Waals surface area (Å²) >= 11 is 0. The Balaban J connectivity index is 2.71. The van der Waals surface area contributed by atoms with Crippen LogP contribution in [-0.2, 0) is 16.6 Å². The van der Waals surface area contributed by atoms with Crippen LogP contribution in [0.1, 0.15) is 33.0 Å². The van der Waals surface area contributed by atoms with Crippen LogP contribution in [0.25, 0.3) is 0 Å². The lowest BCUT2D eigenvalue weighted by Crippen LogP contribution is -2.31. The first kappa shape index (κ1) is 15.9. The highest BCUT2D eigenvalue weighted by atomic mass is 32.2. The maximum Gasteiger partial charge on any atom is 0.274 e. The Morgan fingerprint density at radius 2 is 2.05 bits per heavy atom. The minimum Gasteiger partial charge on any atom is -0.447 e. The molecule has 1 aromatic rings. The van der Waals surface area contributed by atoms with Crippen molar-refractivity contribution >= 4 is 10.0 Å². The Kier molecular flexibility index (Phi) is 5.78. The lowest BCUT2D eigenvalue weighted by Gasteiger charge is -2.10. The fourth-order valence-corrected chi connectivity index (χ4v) is 2.73. The Morgan fingerprint density at radius 3 is 2.63 bits per heavy atom. The second kappa shape index (κ2) is 6.88. The van der Waals surface area contributed by atoms with Crippen LogP contribution in [0.15, 0.2) is 34.3 Å². The van der Waals surface area contributed by atoms with Gasteiger partial charge in [0.15, 0.2) is 0 Å². The summed E-state index contributed by atoms with van der Waals surface area (Å²) in [4.78, 5) is 0. The van der Waals surface area contributed by atoms with E-state index in [9.17, 15) is 8.42 Å². The quantitative estimate of drug-likeness (QED) is 0.717. The van der Waals surface area contributed by atoms with Gasteiger partial charge in [-0.1, -0.05) is 19.9 Å². The van der Waals surface area contributed by atoms with E-state index in [1.807, 2.05) is 13.8 Å². The van der Waals surface area contributed by atoms with Gasteiger partial charge >= 0.3 is 0 Å². The van der Waals surface area contributed by atoms with Gasteiger partial charge in [0.25, 0.3) is 10.0 Å². The van der Waals surface area contributed by atoms with Crippen molar-refractivity contribution in [3.05, 3.63) is 30.5 Å². The van der Waals surface area contributed by atoms with E-state index in [1.165, 1.54) is 6.07 Å². The molecule has 0 radical (unpaired) electrons. The van der Waals surface area contributed by atoms with Gasteiger partial charge in [0.2, 0.25) is 5.09 Å². The molecule has 0 saturated heterocycles. The highest BCUT2D eigenvalue weighted by Crippen LogP contribution is 2.14.